The highest BCUT2D eigenvalue weighted by Gasteiger charge is 2.31. The quantitative estimate of drug-likeness (QED) is 0.153. The summed E-state index contributed by atoms with van der Waals surface area (Å²) in [5.74, 6) is 3.02. The number of piperidine rings is 2. The van der Waals surface area contributed by atoms with Crippen molar-refractivity contribution in [3.63, 3.8) is 0 Å². The van der Waals surface area contributed by atoms with Crippen molar-refractivity contribution in [2.45, 2.75) is 70.6 Å². The Balaban J connectivity index is 0.000000167. The topological polar surface area (TPSA) is 195 Å². The summed E-state index contributed by atoms with van der Waals surface area (Å²) in [6, 6.07) is 26.5. The summed E-state index contributed by atoms with van der Waals surface area (Å²) in [5, 5.41) is 39.4. The number of aromatic nitrogens is 6. The molecule has 0 aliphatic carbocycles. The van der Waals surface area contributed by atoms with Gasteiger partial charge in [0, 0.05) is 36.5 Å². The van der Waals surface area contributed by atoms with E-state index in [1.54, 1.807) is 36.5 Å². The summed E-state index contributed by atoms with van der Waals surface area (Å²) in [7, 11) is 0. The number of rotatable bonds is 8. The van der Waals surface area contributed by atoms with Gasteiger partial charge in [-0.15, -0.1) is 0 Å². The number of pyridine rings is 1. The standard InChI is InChI=1S/C21H18N6O.C19H19N5O2/c22-11-15-4-3-5-17(10-15)20-25-21(28-26-20)19-6-1-2-9-27(19)14-18-8-7-16(12-23)13-24-18;1-13-9-16(22-25-13)12-24-8-3-2-7-17(24)19-21-18(23-26-19)15-6-4-5-14(10-15)11-20/h3-5,7-8,10,13,19H,1-2,6,9,14H2;4-6,9-10,17H,2-3,7-8,12H2,1H3. The highest BCUT2D eigenvalue weighted by Crippen LogP contribution is 2.34. The van der Waals surface area contributed by atoms with Crippen LogP contribution in [0.3, 0.4) is 0 Å². The maximum atomic E-state index is 9.08. The molecule has 2 fully saturated rings. The minimum Gasteiger partial charge on any atom is -0.361 e. The Kier molecular flexibility index (Phi) is 11.2. The molecule has 0 amide bonds. The van der Waals surface area contributed by atoms with Crippen LogP contribution in [-0.2, 0) is 13.1 Å². The third kappa shape index (κ3) is 8.56. The fraction of sp³-hybridized carbons (Fsp3) is 0.325. The van der Waals surface area contributed by atoms with E-state index in [0.717, 1.165) is 79.9 Å². The zero-order valence-corrected chi connectivity index (χ0v) is 29.8. The molecule has 2 aromatic carbocycles. The van der Waals surface area contributed by atoms with Gasteiger partial charge >= 0.3 is 0 Å². The number of benzene rings is 2. The second-order valence-electron chi connectivity index (χ2n) is 13.3. The Morgan fingerprint density at radius 2 is 1.19 bits per heavy atom. The first kappa shape index (κ1) is 35.9. The molecular weight excluding hydrogens is 683 g/mol. The molecule has 14 nitrogen and oxygen atoms in total. The van der Waals surface area contributed by atoms with Crippen molar-refractivity contribution in [3.05, 3.63) is 119 Å². The number of hydrogen-bond acceptors (Lipinski definition) is 14. The van der Waals surface area contributed by atoms with E-state index in [4.69, 9.17) is 29.4 Å². The van der Waals surface area contributed by atoms with Gasteiger partial charge in [0.05, 0.1) is 52.3 Å². The molecule has 4 aromatic heterocycles. The average Bonchev–Trinajstić information content (AvgIpc) is 4.01. The van der Waals surface area contributed by atoms with Gasteiger partial charge < -0.3 is 13.6 Å². The first-order valence-corrected chi connectivity index (χ1v) is 17.9. The summed E-state index contributed by atoms with van der Waals surface area (Å²) in [4.78, 5) is 18.2. The van der Waals surface area contributed by atoms with Crippen LogP contribution in [0.25, 0.3) is 22.8 Å². The molecule has 0 spiro atoms. The van der Waals surface area contributed by atoms with Crippen LogP contribution < -0.4 is 0 Å². The predicted molar refractivity (Wildman–Crippen MR) is 193 cm³/mol. The number of hydrogen-bond donors (Lipinski definition) is 0. The van der Waals surface area contributed by atoms with Gasteiger partial charge in [-0.1, -0.05) is 52.6 Å². The first-order chi connectivity index (χ1) is 26.5. The molecule has 270 valence electrons. The molecule has 0 bridgehead atoms. The van der Waals surface area contributed by atoms with Gasteiger partial charge in [0.2, 0.25) is 23.4 Å². The van der Waals surface area contributed by atoms with E-state index in [0.29, 0.717) is 53.2 Å². The molecule has 2 unspecified atom stereocenters. The van der Waals surface area contributed by atoms with Crippen molar-refractivity contribution in [1.82, 2.24) is 40.2 Å². The molecule has 2 saturated heterocycles. The Morgan fingerprint density at radius 3 is 1.67 bits per heavy atom. The Bertz CT molecular complexity index is 2310. The van der Waals surface area contributed by atoms with Gasteiger partial charge in [-0.3, -0.25) is 14.8 Å². The van der Waals surface area contributed by atoms with E-state index in [1.165, 1.54) is 0 Å². The van der Waals surface area contributed by atoms with E-state index < -0.39 is 0 Å². The molecule has 8 rings (SSSR count). The number of nitriles is 3. The van der Waals surface area contributed by atoms with Crippen LogP contribution in [0.2, 0.25) is 0 Å². The van der Waals surface area contributed by atoms with E-state index in [1.807, 2.05) is 43.3 Å². The molecular formula is C40H37N11O3. The zero-order chi connectivity index (χ0) is 37.3. The van der Waals surface area contributed by atoms with Crippen LogP contribution in [0, 0.1) is 40.9 Å². The zero-order valence-electron chi connectivity index (χ0n) is 29.8. The molecule has 0 radical (unpaired) electrons. The third-order valence-electron chi connectivity index (χ3n) is 9.54. The third-order valence-corrected chi connectivity index (χ3v) is 9.54. The monoisotopic (exact) mass is 719 g/mol. The van der Waals surface area contributed by atoms with Crippen molar-refractivity contribution in [1.29, 1.82) is 15.8 Å². The van der Waals surface area contributed by atoms with Crippen molar-refractivity contribution in [2.24, 2.45) is 0 Å². The number of likely N-dealkylation sites (tertiary alicyclic amines) is 2. The van der Waals surface area contributed by atoms with Crippen molar-refractivity contribution < 1.29 is 13.6 Å². The highest BCUT2D eigenvalue weighted by molar-refractivity contribution is 5.58. The average molecular weight is 720 g/mol. The summed E-state index contributed by atoms with van der Waals surface area (Å²) in [6.45, 7) is 5.14. The smallest absolute Gasteiger partial charge is 0.244 e. The minimum absolute atomic E-state index is 0.0339. The minimum atomic E-state index is 0.0339. The SMILES string of the molecule is Cc1cc(CN2CCCCC2c2nc(-c3cccc(C#N)c3)no2)no1.N#Cc1ccc(CN2CCCCC2c2nc(-c3cccc(C#N)c3)no2)nc1. The molecule has 2 aliphatic heterocycles. The van der Waals surface area contributed by atoms with E-state index >= 15 is 0 Å². The van der Waals surface area contributed by atoms with Crippen LogP contribution >= 0.6 is 0 Å². The number of aryl methyl sites for hydroxylation is 1. The molecule has 2 atom stereocenters. The Morgan fingerprint density at radius 1 is 0.630 bits per heavy atom. The van der Waals surface area contributed by atoms with Crippen molar-refractivity contribution >= 4 is 0 Å². The molecule has 14 heteroatoms. The maximum absolute atomic E-state index is 9.08. The van der Waals surface area contributed by atoms with E-state index in [9.17, 15) is 0 Å². The van der Waals surface area contributed by atoms with Crippen LogP contribution in [0.4, 0.5) is 0 Å². The van der Waals surface area contributed by atoms with Gasteiger partial charge in [0.1, 0.15) is 11.8 Å². The maximum Gasteiger partial charge on any atom is 0.244 e. The fourth-order valence-corrected chi connectivity index (χ4v) is 6.84. The van der Waals surface area contributed by atoms with Crippen molar-refractivity contribution in [2.75, 3.05) is 13.1 Å². The molecule has 2 aliphatic rings. The van der Waals surface area contributed by atoms with Gasteiger partial charge in [-0.25, -0.2) is 0 Å². The lowest BCUT2D eigenvalue weighted by Gasteiger charge is -2.32. The largest absolute Gasteiger partial charge is 0.361 e. The van der Waals surface area contributed by atoms with Crippen molar-refractivity contribution in [3.8, 4) is 41.0 Å². The summed E-state index contributed by atoms with van der Waals surface area (Å²) >= 11 is 0. The summed E-state index contributed by atoms with van der Waals surface area (Å²) in [6.07, 6.45) is 7.98. The Hall–Kier alpha value is -6.53. The van der Waals surface area contributed by atoms with E-state index in [-0.39, 0.29) is 12.1 Å². The Labute approximate surface area is 312 Å². The van der Waals surface area contributed by atoms with Gasteiger partial charge in [0.15, 0.2) is 0 Å². The van der Waals surface area contributed by atoms with Crippen LogP contribution in [0.1, 0.15) is 96.2 Å². The van der Waals surface area contributed by atoms with Crippen LogP contribution in [0.15, 0.2) is 86.5 Å². The molecule has 54 heavy (non-hydrogen) atoms. The highest BCUT2D eigenvalue weighted by atomic mass is 16.5. The fourth-order valence-electron chi connectivity index (χ4n) is 6.84. The normalized spacial score (nSPS) is 17.4. The molecule has 0 saturated carbocycles. The second kappa shape index (κ2) is 16.9. The van der Waals surface area contributed by atoms with E-state index in [2.05, 4.69) is 58.4 Å². The first-order valence-electron chi connectivity index (χ1n) is 17.9. The van der Waals surface area contributed by atoms with Gasteiger partial charge in [0.25, 0.3) is 0 Å². The summed E-state index contributed by atoms with van der Waals surface area (Å²) in [5.41, 5.74) is 5.08. The summed E-state index contributed by atoms with van der Waals surface area (Å²) < 4.78 is 16.3. The van der Waals surface area contributed by atoms with Gasteiger partial charge in [-0.2, -0.15) is 25.8 Å². The second-order valence-corrected chi connectivity index (χ2v) is 13.3. The lowest BCUT2D eigenvalue weighted by Crippen LogP contribution is -2.33. The van der Waals surface area contributed by atoms with Crippen LogP contribution in [0.5, 0.6) is 0 Å². The number of nitrogens with zero attached hydrogens (tertiary/aromatic N) is 11. The lowest BCUT2D eigenvalue weighted by molar-refractivity contribution is 0.109. The molecule has 6 heterocycles. The molecule has 0 N–H and O–H groups in total. The molecule has 6 aromatic rings. The predicted octanol–water partition coefficient (Wildman–Crippen LogP) is 7.23. The van der Waals surface area contributed by atoms with Gasteiger partial charge in [-0.05, 0) is 82.1 Å². The lowest BCUT2D eigenvalue weighted by atomic mass is 10.0. The van der Waals surface area contributed by atoms with Crippen LogP contribution in [-0.4, -0.2) is 53.3 Å².